The van der Waals surface area contributed by atoms with Gasteiger partial charge in [-0.3, -0.25) is 4.79 Å². The third-order valence-electron chi connectivity index (χ3n) is 3.14. The number of hydrogen-bond acceptors (Lipinski definition) is 3. The molecular weight excluding hydrogens is 259 g/mol. The van der Waals surface area contributed by atoms with Crippen LogP contribution in [0.3, 0.4) is 0 Å². The van der Waals surface area contributed by atoms with Gasteiger partial charge in [0.05, 0.1) is 18.2 Å². The van der Waals surface area contributed by atoms with E-state index in [1.807, 2.05) is 0 Å². The fraction of sp³-hybridized carbons (Fsp3) is 0.462. The molecule has 1 aromatic rings. The summed E-state index contributed by atoms with van der Waals surface area (Å²) in [5, 5.41) is 0. The highest BCUT2D eigenvalue weighted by atomic mass is 19.2. The Morgan fingerprint density at radius 1 is 1.32 bits per heavy atom. The molecule has 0 radical (unpaired) electrons. The van der Waals surface area contributed by atoms with Crippen LogP contribution in [0.25, 0.3) is 0 Å². The van der Waals surface area contributed by atoms with Crippen LogP contribution in [-0.4, -0.2) is 25.7 Å². The van der Waals surface area contributed by atoms with Gasteiger partial charge in [0, 0.05) is 25.2 Å². The Bertz CT molecular complexity index is 493. The van der Waals surface area contributed by atoms with Gasteiger partial charge >= 0.3 is 5.97 Å². The average molecular weight is 273 g/mol. The molecule has 0 aliphatic carbocycles. The number of benzene rings is 1. The molecule has 0 N–H and O–H groups in total. The molecule has 1 heterocycles. The highest BCUT2D eigenvalue weighted by Crippen LogP contribution is 2.28. The number of esters is 1. The van der Waals surface area contributed by atoms with Gasteiger partial charge in [0.2, 0.25) is 0 Å². The first kappa shape index (κ1) is 13.7. The molecule has 1 fully saturated rings. The number of hydrogen-bond donors (Lipinski definition) is 0. The molecule has 3 nitrogen and oxygen atoms in total. The summed E-state index contributed by atoms with van der Waals surface area (Å²) in [5.74, 6) is -3.85. The van der Waals surface area contributed by atoms with Gasteiger partial charge in [-0.1, -0.05) is 0 Å². The largest absolute Gasteiger partial charge is 0.466 e. The van der Waals surface area contributed by atoms with Crippen LogP contribution in [0.15, 0.2) is 12.1 Å². The van der Waals surface area contributed by atoms with Gasteiger partial charge in [0.25, 0.3) is 0 Å². The van der Waals surface area contributed by atoms with Crippen molar-refractivity contribution < 1.29 is 22.7 Å². The Labute approximate surface area is 109 Å². The normalized spacial score (nSPS) is 18.7. The summed E-state index contributed by atoms with van der Waals surface area (Å²) in [7, 11) is 0. The van der Waals surface area contributed by atoms with E-state index in [1.54, 1.807) is 6.92 Å². The molecule has 104 valence electrons. The Morgan fingerprint density at radius 3 is 2.68 bits per heavy atom. The van der Waals surface area contributed by atoms with E-state index in [0.29, 0.717) is 19.0 Å². The topological polar surface area (TPSA) is 29.5 Å². The van der Waals surface area contributed by atoms with Crippen molar-refractivity contribution in [2.45, 2.75) is 13.3 Å². The standard InChI is InChI=1S/C13H14F3NO2/c1-2-19-13(18)8-3-4-17(7-8)12-6-10(15)9(14)5-11(12)16/h5-6,8H,2-4,7H2,1H3. The van der Waals surface area contributed by atoms with Gasteiger partial charge in [-0.2, -0.15) is 0 Å². The second-order valence-corrected chi connectivity index (χ2v) is 4.40. The predicted molar refractivity (Wildman–Crippen MR) is 63.3 cm³/mol. The van der Waals surface area contributed by atoms with Gasteiger partial charge in [0.1, 0.15) is 5.82 Å². The maximum atomic E-state index is 13.6. The van der Waals surface area contributed by atoms with E-state index < -0.39 is 17.5 Å². The number of anilines is 1. The van der Waals surface area contributed by atoms with Crippen LogP contribution in [0.4, 0.5) is 18.9 Å². The van der Waals surface area contributed by atoms with Crippen LogP contribution < -0.4 is 4.90 Å². The van der Waals surface area contributed by atoms with Crippen molar-refractivity contribution >= 4 is 11.7 Å². The van der Waals surface area contributed by atoms with E-state index in [-0.39, 0.29) is 30.7 Å². The molecular formula is C13H14F3NO2. The molecule has 1 atom stereocenters. The molecule has 1 unspecified atom stereocenters. The fourth-order valence-corrected chi connectivity index (χ4v) is 2.19. The molecule has 1 aliphatic heterocycles. The maximum Gasteiger partial charge on any atom is 0.310 e. The van der Waals surface area contributed by atoms with Crippen molar-refractivity contribution in [1.82, 2.24) is 0 Å². The van der Waals surface area contributed by atoms with Crippen LogP contribution in [0.1, 0.15) is 13.3 Å². The number of carbonyl (C=O) groups excluding carboxylic acids is 1. The lowest BCUT2D eigenvalue weighted by atomic mass is 10.1. The molecule has 0 saturated carbocycles. The minimum absolute atomic E-state index is 0.0225. The van der Waals surface area contributed by atoms with E-state index >= 15 is 0 Å². The Balaban J connectivity index is 2.13. The van der Waals surface area contributed by atoms with E-state index in [4.69, 9.17) is 4.74 Å². The minimum Gasteiger partial charge on any atom is -0.466 e. The summed E-state index contributed by atoms with van der Waals surface area (Å²) >= 11 is 0. The van der Waals surface area contributed by atoms with Crippen molar-refractivity contribution in [3.05, 3.63) is 29.6 Å². The third-order valence-corrected chi connectivity index (χ3v) is 3.14. The van der Waals surface area contributed by atoms with E-state index in [9.17, 15) is 18.0 Å². The lowest BCUT2D eigenvalue weighted by Crippen LogP contribution is -2.25. The minimum atomic E-state index is -1.22. The summed E-state index contributed by atoms with van der Waals surface area (Å²) < 4.78 is 44.5. The zero-order chi connectivity index (χ0) is 14.0. The predicted octanol–water partition coefficient (Wildman–Crippen LogP) is 2.49. The molecule has 19 heavy (non-hydrogen) atoms. The third kappa shape index (κ3) is 2.83. The quantitative estimate of drug-likeness (QED) is 0.626. The van der Waals surface area contributed by atoms with Gasteiger partial charge in [-0.25, -0.2) is 13.2 Å². The number of halogens is 3. The zero-order valence-electron chi connectivity index (χ0n) is 10.5. The molecule has 6 heteroatoms. The van der Waals surface area contributed by atoms with Crippen LogP contribution in [0.2, 0.25) is 0 Å². The Kier molecular flexibility index (Phi) is 3.97. The van der Waals surface area contributed by atoms with Gasteiger partial charge < -0.3 is 9.64 Å². The molecule has 1 aromatic carbocycles. The first-order valence-electron chi connectivity index (χ1n) is 6.09. The molecule has 0 aromatic heterocycles. The first-order chi connectivity index (χ1) is 9.02. The monoisotopic (exact) mass is 273 g/mol. The highest BCUT2D eigenvalue weighted by molar-refractivity contribution is 5.74. The molecule has 1 saturated heterocycles. The molecule has 1 aliphatic rings. The SMILES string of the molecule is CCOC(=O)C1CCN(c2cc(F)c(F)cc2F)C1. The lowest BCUT2D eigenvalue weighted by molar-refractivity contribution is -0.147. The summed E-state index contributed by atoms with van der Waals surface area (Å²) in [6.45, 7) is 2.65. The summed E-state index contributed by atoms with van der Waals surface area (Å²) in [6, 6.07) is 1.33. The second kappa shape index (κ2) is 5.50. The maximum absolute atomic E-state index is 13.6. The van der Waals surface area contributed by atoms with Crippen molar-refractivity contribution in [2.24, 2.45) is 5.92 Å². The van der Waals surface area contributed by atoms with Crippen molar-refractivity contribution in [1.29, 1.82) is 0 Å². The summed E-state index contributed by atoms with van der Waals surface area (Å²) in [4.78, 5) is 13.1. The van der Waals surface area contributed by atoms with Crippen LogP contribution >= 0.6 is 0 Å². The van der Waals surface area contributed by atoms with E-state index in [0.717, 1.165) is 6.07 Å². The molecule has 2 rings (SSSR count). The van der Waals surface area contributed by atoms with Crippen molar-refractivity contribution in [3.8, 4) is 0 Å². The summed E-state index contributed by atoms with van der Waals surface area (Å²) in [5.41, 5.74) is -0.0225. The van der Waals surface area contributed by atoms with Gasteiger partial charge in [-0.15, -0.1) is 0 Å². The zero-order valence-corrected chi connectivity index (χ0v) is 10.5. The first-order valence-corrected chi connectivity index (χ1v) is 6.09. The Morgan fingerprint density at radius 2 is 2.00 bits per heavy atom. The number of nitrogens with zero attached hydrogens (tertiary/aromatic N) is 1. The van der Waals surface area contributed by atoms with Gasteiger partial charge in [-0.05, 0) is 13.3 Å². The number of rotatable bonds is 3. The van der Waals surface area contributed by atoms with E-state index in [2.05, 4.69) is 0 Å². The van der Waals surface area contributed by atoms with Crippen LogP contribution in [0, 0.1) is 23.4 Å². The average Bonchev–Trinajstić information content (AvgIpc) is 2.83. The smallest absolute Gasteiger partial charge is 0.310 e. The van der Waals surface area contributed by atoms with E-state index in [1.165, 1.54) is 4.90 Å². The van der Waals surface area contributed by atoms with Gasteiger partial charge in [0.15, 0.2) is 11.6 Å². The fourth-order valence-electron chi connectivity index (χ4n) is 2.19. The summed E-state index contributed by atoms with van der Waals surface area (Å²) in [6.07, 6.45) is 0.511. The second-order valence-electron chi connectivity index (χ2n) is 4.40. The molecule has 0 bridgehead atoms. The van der Waals surface area contributed by atoms with Crippen molar-refractivity contribution in [2.75, 3.05) is 24.6 Å². The number of carbonyl (C=O) groups is 1. The van der Waals surface area contributed by atoms with Crippen LogP contribution in [0.5, 0.6) is 0 Å². The number of ether oxygens (including phenoxy) is 1. The highest BCUT2D eigenvalue weighted by Gasteiger charge is 2.31. The van der Waals surface area contributed by atoms with Crippen LogP contribution in [-0.2, 0) is 9.53 Å². The molecule has 0 spiro atoms. The van der Waals surface area contributed by atoms with Crippen molar-refractivity contribution in [3.63, 3.8) is 0 Å². The molecule has 0 amide bonds. The lowest BCUT2D eigenvalue weighted by Gasteiger charge is -2.19. The Hall–Kier alpha value is -1.72.